The Bertz CT molecular complexity index is 767. The zero-order valence-corrected chi connectivity index (χ0v) is 18.1. The molecule has 2 aromatic rings. The van der Waals surface area contributed by atoms with Crippen LogP contribution in [0.3, 0.4) is 0 Å². The Morgan fingerprint density at radius 2 is 1.36 bits per heavy atom. The third-order valence-corrected chi connectivity index (χ3v) is 6.38. The van der Waals surface area contributed by atoms with Crippen LogP contribution in [0.15, 0.2) is 59.5 Å². The Morgan fingerprint density at radius 3 is 1.96 bits per heavy atom. The fraction of sp³-hybridized carbons (Fsp3) is 0.500. The molecular formula is C24H34O3S. The molecular weight excluding hydrogens is 368 g/mol. The van der Waals surface area contributed by atoms with E-state index in [-0.39, 0.29) is 4.90 Å². The molecule has 0 aliphatic heterocycles. The fourth-order valence-electron chi connectivity index (χ4n) is 3.32. The maximum atomic E-state index is 12.7. The van der Waals surface area contributed by atoms with Gasteiger partial charge in [-0.2, -0.15) is 8.42 Å². The van der Waals surface area contributed by atoms with Gasteiger partial charge in [0.2, 0.25) is 0 Å². The molecule has 0 fully saturated rings. The van der Waals surface area contributed by atoms with Crippen LogP contribution in [-0.2, 0) is 14.3 Å². The van der Waals surface area contributed by atoms with Crippen molar-refractivity contribution < 1.29 is 12.6 Å². The first-order chi connectivity index (χ1) is 13.5. The summed E-state index contributed by atoms with van der Waals surface area (Å²) in [6.07, 6.45) is 10.0. The summed E-state index contributed by atoms with van der Waals surface area (Å²) < 4.78 is 31.2. The van der Waals surface area contributed by atoms with Gasteiger partial charge in [0.1, 0.15) is 6.10 Å². The minimum atomic E-state index is -3.78. The zero-order chi connectivity index (χ0) is 20.2. The quantitative estimate of drug-likeness (QED) is 0.268. The highest BCUT2D eigenvalue weighted by molar-refractivity contribution is 7.86. The van der Waals surface area contributed by atoms with Crippen LogP contribution in [-0.4, -0.2) is 8.42 Å². The summed E-state index contributed by atoms with van der Waals surface area (Å²) >= 11 is 0. The molecule has 2 rings (SSSR count). The molecule has 0 spiro atoms. The van der Waals surface area contributed by atoms with E-state index in [1.54, 1.807) is 24.3 Å². The Kier molecular flexibility index (Phi) is 9.72. The minimum absolute atomic E-state index is 0.218. The van der Waals surface area contributed by atoms with E-state index in [4.69, 9.17) is 4.18 Å². The van der Waals surface area contributed by atoms with Gasteiger partial charge in [-0.15, -0.1) is 0 Å². The summed E-state index contributed by atoms with van der Waals surface area (Å²) in [6, 6.07) is 16.5. The number of benzene rings is 2. The Labute approximate surface area is 171 Å². The van der Waals surface area contributed by atoms with Crippen molar-refractivity contribution in [2.45, 2.75) is 82.6 Å². The molecule has 0 saturated heterocycles. The van der Waals surface area contributed by atoms with E-state index < -0.39 is 16.2 Å². The van der Waals surface area contributed by atoms with Gasteiger partial charge in [0.05, 0.1) is 4.90 Å². The smallest absolute Gasteiger partial charge is 0.258 e. The van der Waals surface area contributed by atoms with E-state index in [1.807, 2.05) is 37.3 Å². The molecule has 0 heterocycles. The predicted molar refractivity (Wildman–Crippen MR) is 116 cm³/mol. The van der Waals surface area contributed by atoms with Gasteiger partial charge in [0.25, 0.3) is 10.1 Å². The lowest BCUT2D eigenvalue weighted by Gasteiger charge is -2.18. The number of rotatable bonds is 13. The Hall–Kier alpha value is -1.65. The minimum Gasteiger partial charge on any atom is -0.258 e. The van der Waals surface area contributed by atoms with Gasteiger partial charge in [-0.1, -0.05) is 106 Å². The van der Waals surface area contributed by atoms with Gasteiger partial charge in [0.15, 0.2) is 0 Å². The monoisotopic (exact) mass is 402 g/mol. The van der Waals surface area contributed by atoms with Crippen molar-refractivity contribution in [2.75, 3.05) is 0 Å². The highest BCUT2D eigenvalue weighted by Crippen LogP contribution is 2.29. The fourth-order valence-corrected chi connectivity index (χ4v) is 4.41. The second-order valence-corrected chi connectivity index (χ2v) is 9.10. The Morgan fingerprint density at radius 1 is 0.786 bits per heavy atom. The first kappa shape index (κ1) is 22.6. The number of unbranched alkanes of at least 4 members (excludes halogenated alkanes) is 7. The van der Waals surface area contributed by atoms with Crippen LogP contribution < -0.4 is 0 Å². The van der Waals surface area contributed by atoms with Gasteiger partial charge in [-0.05, 0) is 31.0 Å². The highest BCUT2D eigenvalue weighted by Gasteiger charge is 2.22. The van der Waals surface area contributed by atoms with Crippen molar-refractivity contribution in [3.8, 4) is 0 Å². The summed E-state index contributed by atoms with van der Waals surface area (Å²) in [6.45, 7) is 4.17. The van der Waals surface area contributed by atoms with Gasteiger partial charge >= 0.3 is 0 Å². The van der Waals surface area contributed by atoms with Gasteiger partial charge in [-0.3, -0.25) is 4.18 Å². The van der Waals surface area contributed by atoms with Crippen LogP contribution in [0.1, 0.15) is 81.9 Å². The van der Waals surface area contributed by atoms with E-state index >= 15 is 0 Å². The van der Waals surface area contributed by atoms with E-state index in [0.717, 1.165) is 24.0 Å². The summed E-state index contributed by atoms with van der Waals surface area (Å²) in [5.74, 6) is 0. The van der Waals surface area contributed by atoms with Crippen LogP contribution in [0.2, 0.25) is 0 Å². The molecule has 154 valence electrons. The third kappa shape index (κ3) is 7.76. The van der Waals surface area contributed by atoms with E-state index in [2.05, 4.69) is 6.92 Å². The maximum Gasteiger partial charge on any atom is 0.297 e. The molecule has 4 heteroatoms. The number of hydrogen-bond donors (Lipinski definition) is 0. The number of aryl methyl sites for hydroxylation is 1. The molecule has 0 N–H and O–H groups in total. The molecule has 1 atom stereocenters. The molecule has 0 aliphatic carbocycles. The molecule has 1 unspecified atom stereocenters. The lowest BCUT2D eigenvalue weighted by molar-refractivity contribution is 0.198. The van der Waals surface area contributed by atoms with E-state index in [1.165, 1.54) is 38.5 Å². The van der Waals surface area contributed by atoms with Crippen molar-refractivity contribution in [2.24, 2.45) is 0 Å². The Balaban J connectivity index is 1.94. The lowest BCUT2D eigenvalue weighted by Crippen LogP contribution is -2.13. The van der Waals surface area contributed by atoms with Crippen LogP contribution in [0.5, 0.6) is 0 Å². The van der Waals surface area contributed by atoms with Gasteiger partial charge in [-0.25, -0.2) is 0 Å². The zero-order valence-electron chi connectivity index (χ0n) is 17.3. The highest BCUT2D eigenvalue weighted by atomic mass is 32.2. The van der Waals surface area contributed by atoms with Gasteiger partial charge < -0.3 is 0 Å². The van der Waals surface area contributed by atoms with E-state index in [0.29, 0.717) is 6.42 Å². The summed E-state index contributed by atoms with van der Waals surface area (Å²) in [5.41, 5.74) is 1.94. The standard InChI is InChI=1S/C24H34O3S/c1-3-4-5-6-7-8-9-13-16-24(22-14-11-10-12-15-22)27-28(25,26)23-19-17-21(2)18-20-23/h10-12,14-15,17-20,24H,3-9,13,16H2,1-2H3. The molecule has 3 nitrogen and oxygen atoms in total. The SMILES string of the molecule is CCCCCCCCCCC(OS(=O)(=O)c1ccc(C)cc1)c1ccccc1. The maximum absolute atomic E-state index is 12.7. The molecule has 0 amide bonds. The average Bonchev–Trinajstić information content (AvgIpc) is 2.70. The summed E-state index contributed by atoms with van der Waals surface area (Å²) in [7, 11) is -3.78. The van der Waals surface area contributed by atoms with Crippen LogP contribution >= 0.6 is 0 Å². The summed E-state index contributed by atoms with van der Waals surface area (Å²) in [5, 5.41) is 0. The molecule has 0 radical (unpaired) electrons. The molecule has 2 aromatic carbocycles. The molecule has 0 aliphatic rings. The number of hydrogen-bond acceptors (Lipinski definition) is 3. The second kappa shape index (κ2) is 12.0. The van der Waals surface area contributed by atoms with Crippen molar-refractivity contribution in [3.63, 3.8) is 0 Å². The van der Waals surface area contributed by atoms with E-state index in [9.17, 15) is 8.42 Å². The van der Waals surface area contributed by atoms with Crippen molar-refractivity contribution in [3.05, 3.63) is 65.7 Å². The lowest BCUT2D eigenvalue weighted by atomic mass is 10.0. The topological polar surface area (TPSA) is 43.4 Å². The van der Waals surface area contributed by atoms with Crippen LogP contribution in [0, 0.1) is 6.92 Å². The van der Waals surface area contributed by atoms with Gasteiger partial charge in [0, 0.05) is 0 Å². The molecule has 28 heavy (non-hydrogen) atoms. The molecule has 0 bridgehead atoms. The largest absolute Gasteiger partial charge is 0.297 e. The van der Waals surface area contributed by atoms with Crippen LogP contribution in [0.4, 0.5) is 0 Å². The molecule has 0 saturated carbocycles. The second-order valence-electron chi connectivity index (χ2n) is 7.53. The van der Waals surface area contributed by atoms with Crippen LogP contribution in [0.25, 0.3) is 0 Å². The van der Waals surface area contributed by atoms with Crippen molar-refractivity contribution in [1.82, 2.24) is 0 Å². The first-order valence-corrected chi connectivity index (χ1v) is 12.0. The third-order valence-electron chi connectivity index (χ3n) is 5.04. The normalized spacial score (nSPS) is 12.8. The average molecular weight is 403 g/mol. The van der Waals surface area contributed by atoms with Crippen molar-refractivity contribution in [1.29, 1.82) is 0 Å². The molecule has 0 aromatic heterocycles. The first-order valence-electron chi connectivity index (χ1n) is 10.6. The predicted octanol–water partition coefficient (Wildman–Crippen LogP) is 6.97. The summed E-state index contributed by atoms with van der Waals surface area (Å²) in [4.78, 5) is 0.218. The van der Waals surface area contributed by atoms with Crippen molar-refractivity contribution >= 4 is 10.1 Å².